The van der Waals surface area contributed by atoms with Crippen molar-refractivity contribution in [1.82, 2.24) is 4.90 Å². The van der Waals surface area contributed by atoms with Crippen LogP contribution < -0.4 is 5.32 Å². The summed E-state index contributed by atoms with van der Waals surface area (Å²) in [4.78, 5) is 23.4. The van der Waals surface area contributed by atoms with Crippen LogP contribution in [0.2, 0.25) is 0 Å². The van der Waals surface area contributed by atoms with Gasteiger partial charge in [-0.05, 0) is 18.2 Å². The fraction of sp³-hybridized carbons (Fsp3) is 0.500. The molecule has 0 aromatic heterocycles. The van der Waals surface area contributed by atoms with E-state index < -0.39 is 41.7 Å². The van der Waals surface area contributed by atoms with Crippen molar-refractivity contribution >= 4 is 17.7 Å². The van der Waals surface area contributed by atoms with E-state index in [4.69, 9.17) is 5.11 Å². The number of hydrogen-bond donors (Lipinski definition) is 2. The van der Waals surface area contributed by atoms with Crippen molar-refractivity contribution in [2.45, 2.75) is 24.7 Å². The number of esters is 1. The van der Waals surface area contributed by atoms with E-state index in [1.807, 2.05) is 0 Å². The van der Waals surface area contributed by atoms with Crippen molar-refractivity contribution in [1.29, 1.82) is 0 Å². The normalized spacial score (nSPS) is 16.9. The molecule has 1 amide bonds. The summed E-state index contributed by atoms with van der Waals surface area (Å²) in [7, 11) is 1.10. The highest BCUT2D eigenvalue weighted by Gasteiger charge is 2.38. The molecule has 0 saturated carbocycles. The van der Waals surface area contributed by atoms with Gasteiger partial charge >= 0.3 is 18.2 Å². The molecule has 1 fully saturated rings. The number of piperidine rings is 1. The Kier molecular flexibility index (Phi) is 5.62. The number of carbonyl (C=O) groups excluding carboxylic acids is 1. The van der Waals surface area contributed by atoms with Crippen LogP contribution in [-0.4, -0.2) is 54.5 Å². The molecular weight excluding hydrogens is 360 g/mol. The Morgan fingerprint density at radius 3 is 2.42 bits per heavy atom. The Bertz CT molecular complexity index is 685. The van der Waals surface area contributed by atoms with Crippen molar-refractivity contribution in [2.24, 2.45) is 0 Å². The number of methoxy groups -OCH3 is 1. The van der Waals surface area contributed by atoms with E-state index in [1.165, 1.54) is 0 Å². The first-order chi connectivity index (χ1) is 12.1. The molecule has 1 aromatic rings. The van der Waals surface area contributed by atoms with Gasteiger partial charge in [-0.3, -0.25) is 0 Å². The van der Waals surface area contributed by atoms with Gasteiger partial charge in [0, 0.05) is 38.2 Å². The number of ether oxygens (including phenoxy) is 1. The zero-order chi connectivity index (χ0) is 19.5. The van der Waals surface area contributed by atoms with Gasteiger partial charge in [-0.25, -0.2) is 14.0 Å². The predicted molar refractivity (Wildman–Crippen MR) is 83.9 cm³/mol. The molecule has 1 aromatic carbocycles. The summed E-state index contributed by atoms with van der Waals surface area (Å²) in [6.45, 7) is -0.516. The Labute approximate surface area is 146 Å². The van der Waals surface area contributed by atoms with Gasteiger partial charge in [0.1, 0.15) is 5.67 Å². The number of nitrogens with zero attached hydrogens (tertiary/aromatic N) is 1. The van der Waals surface area contributed by atoms with Crippen LogP contribution in [0.25, 0.3) is 0 Å². The smallest absolute Gasteiger partial charge is 0.418 e. The molecule has 0 spiro atoms. The molecular formula is C16H18F4N2O4. The topological polar surface area (TPSA) is 78.9 Å². The van der Waals surface area contributed by atoms with Crippen LogP contribution in [0.3, 0.4) is 0 Å². The molecule has 0 aliphatic carbocycles. The Morgan fingerprint density at radius 2 is 1.92 bits per heavy atom. The number of benzene rings is 1. The van der Waals surface area contributed by atoms with Crippen molar-refractivity contribution in [2.75, 3.05) is 32.1 Å². The molecule has 0 atom stereocenters. The minimum absolute atomic E-state index is 0.0398. The third-order valence-corrected chi connectivity index (χ3v) is 4.27. The number of carboxylic acid groups (broad SMARTS) is 1. The van der Waals surface area contributed by atoms with Crippen LogP contribution in [0, 0.1) is 0 Å². The zero-order valence-electron chi connectivity index (χ0n) is 13.9. The molecule has 1 aliphatic heterocycles. The highest BCUT2D eigenvalue weighted by Crippen LogP contribution is 2.36. The zero-order valence-corrected chi connectivity index (χ0v) is 13.9. The van der Waals surface area contributed by atoms with Gasteiger partial charge in [0.15, 0.2) is 0 Å². The number of carbonyl (C=O) groups is 2. The van der Waals surface area contributed by atoms with Gasteiger partial charge < -0.3 is 20.1 Å². The first kappa shape index (κ1) is 19.8. The van der Waals surface area contributed by atoms with Gasteiger partial charge in [0.25, 0.3) is 0 Å². The molecule has 2 rings (SSSR count). The number of likely N-dealkylation sites (tertiary alicyclic amines) is 1. The molecule has 144 valence electrons. The first-order valence-corrected chi connectivity index (χ1v) is 7.76. The Morgan fingerprint density at radius 1 is 1.31 bits per heavy atom. The second kappa shape index (κ2) is 7.38. The van der Waals surface area contributed by atoms with Crippen LogP contribution in [0.5, 0.6) is 0 Å². The van der Waals surface area contributed by atoms with Crippen LogP contribution in [0.4, 0.5) is 28.0 Å². The third kappa shape index (κ3) is 4.55. The quantitative estimate of drug-likeness (QED) is 0.620. The fourth-order valence-electron chi connectivity index (χ4n) is 2.71. The van der Waals surface area contributed by atoms with E-state index in [2.05, 4.69) is 10.1 Å². The summed E-state index contributed by atoms with van der Waals surface area (Å²) < 4.78 is 58.7. The predicted octanol–water partition coefficient (Wildman–Crippen LogP) is 3.39. The fourth-order valence-corrected chi connectivity index (χ4v) is 2.71. The monoisotopic (exact) mass is 378 g/mol. The molecule has 0 bridgehead atoms. The Balaban J connectivity index is 2.17. The molecule has 1 saturated heterocycles. The van der Waals surface area contributed by atoms with E-state index >= 15 is 0 Å². The highest BCUT2D eigenvalue weighted by molar-refractivity contribution is 5.90. The van der Waals surface area contributed by atoms with E-state index in [1.54, 1.807) is 0 Å². The summed E-state index contributed by atoms with van der Waals surface area (Å²) in [5, 5.41) is 11.3. The maximum Gasteiger partial charge on any atom is 0.418 e. The molecule has 6 nitrogen and oxygen atoms in total. The van der Waals surface area contributed by atoms with Gasteiger partial charge in [0.05, 0.1) is 18.2 Å². The second-order valence-electron chi connectivity index (χ2n) is 6.02. The molecule has 1 heterocycles. The lowest BCUT2D eigenvalue weighted by molar-refractivity contribution is -0.137. The van der Waals surface area contributed by atoms with Crippen LogP contribution in [-0.2, 0) is 10.9 Å². The van der Waals surface area contributed by atoms with Crippen LogP contribution >= 0.6 is 0 Å². The van der Waals surface area contributed by atoms with Crippen molar-refractivity contribution in [3.63, 3.8) is 0 Å². The average molecular weight is 378 g/mol. The van der Waals surface area contributed by atoms with E-state index in [0.29, 0.717) is 0 Å². The number of amides is 1. The van der Waals surface area contributed by atoms with Crippen LogP contribution in [0.1, 0.15) is 28.8 Å². The molecule has 10 heteroatoms. The maximum atomic E-state index is 14.8. The summed E-state index contributed by atoms with van der Waals surface area (Å²) in [6, 6.07) is 2.67. The van der Waals surface area contributed by atoms with Gasteiger partial charge in [-0.1, -0.05) is 0 Å². The summed E-state index contributed by atoms with van der Waals surface area (Å²) in [6.07, 6.45) is -6.12. The number of anilines is 1. The molecule has 1 aliphatic rings. The molecule has 0 unspecified atom stereocenters. The molecule has 0 radical (unpaired) electrons. The standard InChI is InChI=1S/C16H18F4N2O4/c1-26-13(23)10-2-3-11(16(18,19)20)12(8-10)21-9-15(17)4-6-22(7-5-15)14(24)25/h2-3,8,21H,4-7,9H2,1H3,(H,24,25). The summed E-state index contributed by atoms with van der Waals surface area (Å²) in [5.41, 5.74) is -3.41. The third-order valence-electron chi connectivity index (χ3n) is 4.27. The summed E-state index contributed by atoms with van der Waals surface area (Å²) >= 11 is 0. The van der Waals surface area contributed by atoms with Gasteiger partial charge in [0.2, 0.25) is 0 Å². The number of nitrogens with one attached hydrogen (secondary N) is 1. The van der Waals surface area contributed by atoms with Crippen LogP contribution in [0.15, 0.2) is 18.2 Å². The minimum Gasteiger partial charge on any atom is -0.465 e. The lowest BCUT2D eigenvalue weighted by Gasteiger charge is -2.35. The number of rotatable bonds is 4. The van der Waals surface area contributed by atoms with E-state index in [9.17, 15) is 27.2 Å². The lowest BCUT2D eigenvalue weighted by Crippen LogP contribution is -2.47. The maximum absolute atomic E-state index is 14.8. The molecule has 2 N–H and O–H groups in total. The number of alkyl halides is 4. The number of hydrogen-bond acceptors (Lipinski definition) is 4. The largest absolute Gasteiger partial charge is 0.465 e. The SMILES string of the molecule is COC(=O)c1ccc(C(F)(F)F)c(NCC2(F)CCN(C(=O)O)CC2)c1. The number of halogens is 4. The highest BCUT2D eigenvalue weighted by atomic mass is 19.4. The summed E-state index contributed by atoms with van der Waals surface area (Å²) in [5.74, 6) is -0.813. The second-order valence-corrected chi connectivity index (χ2v) is 6.02. The van der Waals surface area contributed by atoms with Crippen molar-refractivity contribution < 1.29 is 37.0 Å². The van der Waals surface area contributed by atoms with Crippen molar-refractivity contribution in [3.8, 4) is 0 Å². The van der Waals surface area contributed by atoms with Gasteiger partial charge in [-0.2, -0.15) is 13.2 Å². The molecule has 26 heavy (non-hydrogen) atoms. The van der Waals surface area contributed by atoms with E-state index in [-0.39, 0.29) is 31.5 Å². The lowest BCUT2D eigenvalue weighted by atomic mass is 9.93. The van der Waals surface area contributed by atoms with Gasteiger partial charge in [-0.15, -0.1) is 0 Å². The van der Waals surface area contributed by atoms with E-state index in [0.717, 1.165) is 30.2 Å². The van der Waals surface area contributed by atoms with Crippen molar-refractivity contribution in [3.05, 3.63) is 29.3 Å². The average Bonchev–Trinajstić information content (AvgIpc) is 2.58. The minimum atomic E-state index is -4.69. The first-order valence-electron chi connectivity index (χ1n) is 7.76. The Hall–Kier alpha value is -2.52.